The molecule has 0 aliphatic carbocycles. The summed E-state index contributed by atoms with van der Waals surface area (Å²) in [5, 5.41) is 6.76. The highest BCUT2D eigenvalue weighted by molar-refractivity contribution is 14.0. The van der Waals surface area contributed by atoms with Gasteiger partial charge in [-0.1, -0.05) is 30.3 Å². The van der Waals surface area contributed by atoms with Crippen molar-refractivity contribution in [1.29, 1.82) is 0 Å². The molecule has 7 heteroatoms. The molecule has 0 aromatic heterocycles. The lowest BCUT2D eigenvalue weighted by Gasteiger charge is -2.32. The Balaban J connectivity index is 0.00000364. The number of likely N-dealkylation sites (tertiary alicyclic amines) is 1. The van der Waals surface area contributed by atoms with E-state index in [1.54, 1.807) is 7.11 Å². The van der Waals surface area contributed by atoms with E-state index in [-0.39, 0.29) is 24.0 Å². The summed E-state index contributed by atoms with van der Waals surface area (Å²) in [6.07, 6.45) is 2.46. The Bertz CT molecular complexity index is 508. The Morgan fingerprint density at radius 3 is 2.56 bits per heavy atom. The lowest BCUT2D eigenvalue weighted by Crippen LogP contribution is -2.44. The van der Waals surface area contributed by atoms with Crippen LogP contribution < -0.4 is 10.6 Å². The lowest BCUT2D eigenvalue weighted by atomic mass is 9.97. The number of rotatable bonds is 10. The van der Waals surface area contributed by atoms with Gasteiger partial charge in [0.2, 0.25) is 0 Å². The van der Waals surface area contributed by atoms with Gasteiger partial charge in [0.25, 0.3) is 0 Å². The number of nitrogens with zero attached hydrogens (tertiary/aromatic N) is 2. The number of aliphatic imine (C=N–C) groups is 1. The molecular formula is C20H35IN4O2. The highest BCUT2D eigenvalue weighted by Gasteiger charge is 2.18. The van der Waals surface area contributed by atoms with E-state index in [0.29, 0.717) is 19.1 Å². The van der Waals surface area contributed by atoms with Crippen LogP contribution >= 0.6 is 24.0 Å². The summed E-state index contributed by atoms with van der Waals surface area (Å²) in [7, 11) is 3.58. The van der Waals surface area contributed by atoms with Gasteiger partial charge in [-0.15, -0.1) is 24.0 Å². The Morgan fingerprint density at radius 1 is 1.15 bits per heavy atom. The molecule has 0 amide bonds. The molecule has 1 aliphatic heterocycles. The SMILES string of the molecule is CN=C(NCCOCc1ccccc1)NCC1CCN(CCOC)CC1.I. The molecule has 2 N–H and O–H groups in total. The molecule has 6 nitrogen and oxygen atoms in total. The molecule has 1 aromatic carbocycles. The second-order valence-electron chi connectivity index (χ2n) is 6.70. The van der Waals surface area contributed by atoms with Gasteiger partial charge in [-0.3, -0.25) is 4.99 Å². The van der Waals surface area contributed by atoms with E-state index < -0.39 is 0 Å². The van der Waals surface area contributed by atoms with Crippen molar-refractivity contribution in [1.82, 2.24) is 15.5 Å². The van der Waals surface area contributed by atoms with Crippen molar-refractivity contribution in [3.05, 3.63) is 35.9 Å². The van der Waals surface area contributed by atoms with Gasteiger partial charge in [-0.2, -0.15) is 0 Å². The molecule has 0 unspecified atom stereocenters. The van der Waals surface area contributed by atoms with Gasteiger partial charge in [0, 0.05) is 33.8 Å². The predicted octanol–water partition coefficient (Wildman–Crippen LogP) is 2.34. The first-order chi connectivity index (χ1) is 12.8. The summed E-state index contributed by atoms with van der Waals surface area (Å²) in [5.41, 5.74) is 1.20. The summed E-state index contributed by atoms with van der Waals surface area (Å²) in [4.78, 5) is 6.78. The van der Waals surface area contributed by atoms with E-state index in [1.165, 1.54) is 18.4 Å². The predicted molar refractivity (Wildman–Crippen MR) is 122 cm³/mol. The van der Waals surface area contributed by atoms with Crippen molar-refractivity contribution in [2.24, 2.45) is 10.9 Å². The maximum absolute atomic E-state index is 5.69. The van der Waals surface area contributed by atoms with Gasteiger partial charge in [-0.25, -0.2) is 0 Å². The zero-order chi connectivity index (χ0) is 18.5. The van der Waals surface area contributed by atoms with Crippen molar-refractivity contribution in [3.63, 3.8) is 0 Å². The number of halogens is 1. The largest absolute Gasteiger partial charge is 0.383 e. The second kappa shape index (κ2) is 15.1. The normalized spacial score (nSPS) is 16.0. The van der Waals surface area contributed by atoms with E-state index in [1.807, 2.05) is 25.2 Å². The molecular weight excluding hydrogens is 455 g/mol. The number of piperidine rings is 1. The number of hydrogen-bond acceptors (Lipinski definition) is 4. The highest BCUT2D eigenvalue weighted by atomic mass is 127. The van der Waals surface area contributed by atoms with Crippen LogP contribution in [-0.2, 0) is 16.1 Å². The molecule has 0 spiro atoms. The molecule has 1 aromatic rings. The summed E-state index contributed by atoms with van der Waals surface area (Å²) in [6, 6.07) is 10.2. The van der Waals surface area contributed by atoms with Gasteiger partial charge in [0.05, 0.1) is 19.8 Å². The van der Waals surface area contributed by atoms with Crippen LogP contribution in [0.15, 0.2) is 35.3 Å². The Labute approximate surface area is 181 Å². The van der Waals surface area contributed by atoms with Crippen LogP contribution in [-0.4, -0.2) is 71.0 Å². The number of nitrogens with one attached hydrogen (secondary N) is 2. The third kappa shape index (κ3) is 10.3. The minimum Gasteiger partial charge on any atom is -0.383 e. The maximum Gasteiger partial charge on any atom is 0.191 e. The molecule has 0 atom stereocenters. The van der Waals surface area contributed by atoms with Crippen LogP contribution in [0.4, 0.5) is 0 Å². The Hall–Kier alpha value is -0.900. The average molecular weight is 490 g/mol. The van der Waals surface area contributed by atoms with E-state index in [4.69, 9.17) is 9.47 Å². The molecule has 1 heterocycles. The average Bonchev–Trinajstić information content (AvgIpc) is 2.70. The molecule has 1 saturated heterocycles. The monoisotopic (exact) mass is 490 g/mol. The first-order valence-corrected chi connectivity index (χ1v) is 9.59. The summed E-state index contributed by atoms with van der Waals surface area (Å²) in [5.74, 6) is 1.57. The highest BCUT2D eigenvalue weighted by Crippen LogP contribution is 2.15. The van der Waals surface area contributed by atoms with Gasteiger partial charge in [0.1, 0.15) is 0 Å². The summed E-state index contributed by atoms with van der Waals surface area (Å²) >= 11 is 0. The van der Waals surface area contributed by atoms with Crippen LogP contribution in [0.3, 0.4) is 0 Å². The zero-order valence-electron chi connectivity index (χ0n) is 16.7. The van der Waals surface area contributed by atoms with E-state index in [0.717, 1.165) is 45.3 Å². The minimum atomic E-state index is 0. The van der Waals surface area contributed by atoms with E-state index in [9.17, 15) is 0 Å². The van der Waals surface area contributed by atoms with Crippen LogP contribution in [0.5, 0.6) is 0 Å². The Kier molecular flexibility index (Phi) is 13.5. The molecule has 1 fully saturated rings. The van der Waals surface area contributed by atoms with Crippen LogP contribution in [0.2, 0.25) is 0 Å². The number of ether oxygens (including phenoxy) is 2. The fourth-order valence-corrected chi connectivity index (χ4v) is 3.10. The van der Waals surface area contributed by atoms with Gasteiger partial charge < -0.3 is 25.0 Å². The van der Waals surface area contributed by atoms with Crippen LogP contribution in [0.25, 0.3) is 0 Å². The van der Waals surface area contributed by atoms with Crippen molar-refractivity contribution < 1.29 is 9.47 Å². The van der Waals surface area contributed by atoms with Crippen LogP contribution in [0, 0.1) is 5.92 Å². The fourth-order valence-electron chi connectivity index (χ4n) is 3.10. The molecule has 27 heavy (non-hydrogen) atoms. The second-order valence-corrected chi connectivity index (χ2v) is 6.70. The zero-order valence-corrected chi connectivity index (χ0v) is 19.0. The fraction of sp³-hybridized carbons (Fsp3) is 0.650. The van der Waals surface area contributed by atoms with E-state index in [2.05, 4.69) is 32.7 Å². The molecule has 2 rings (SSSR count). The maximum atomic E-state index is 5.69. The van der Waals surface area contributed by atoms with Crippen molar-refractivity contribution in [2.45, 2.75) is 19.4 Å². The van der Waals surface area contributed by atoms with Gasteiger partial charge in [-0.05, 0) is 37.4 Å². The minimum absolute atomic E-state index is 0. The third-order valence-corrected chi connectivity index (χ3v) is 4.75. The molecule has 0 saturated carbocycles. The summed E-state index contributed by atoms with van der Waals surface area (Å²) < 4.78 is 10.8. The smallest absolute Gasteiger partial charge is 0.191 e. The molecule has 154 valence electrons. The molecule has 0 radical (unpaired) electrons. The van der Waals surface area contributed by atoms with Gasteiger partial charge in [0.15, 0.2) is 5.96 Å². The number of methoxy groups -OCH3 is 1. The van der Waals surface area contributed by atoms with Crippen molar-refractivity contribution in [3.8, 4) is 0 Å². The topological polar surface area (TPSA) is 58.1 Å². The molecule has 0 bridgehead atoms. The quantitative estimate of drug-likeness (QED) is 0.228. The third-order valence-electron chi connectivity index (χ3n) is 4.75. The standard InChI is InChI=1S/C20H34N4O2.HI/c1-21-20(22-10-14-26-17-19-6-4-3-5-7-19)23-16-18-8-11-24(12-9-18)13-15-25-2;/h3-7,18H,8-17H2,1-2H3,(H2,21,22,23);1H. The van der Waals surface area contributed by atoms with Gasteiger partial charge >= 0.3 is 0 Å². The summed E-state index contributed by atoms with van der Waals surface area (Å²) in [6.45, 7) is 7.23. The first-order valence-electron chi connectivity index (χ1n) is 9.59. The van der Waals surface area contributed by atoms with Crippen molar-refractivity contribution >= 4 is 29.9 Å². The number of guanidine groups is 1. The van der Waals surface area contributed by atoms with Crippen molar-refractivity contribution in [2.75, 3.05) is 60.1 Å². The number of benzene rings is 1. The van der Waals surface area contributed by atoms with Crippen LogP contribution in [0.1, 0.15) is 18.4 Å². The number of hydrogen-bond donors (Lipinski definition) is 2. The lowest BCUT2D eigenvalue weighted by molar-refractivity contribution is 0.120. The van der Waals surface area contributed by atoms with E-state index >= 15 is 0 Å². The molecule has 1 aliphatic rings. The Morgan fingerprint density at radius 2 is 1.89 bits per heavy atom. The first kappa shape index (κ1) is 24.1.